The number of hydrogen-bond acceptors (Lipinski definition) is 3. The number of rotatable bonds is 6. The number of aliphatic carboxylic acids is 1. The fraction of sp³-hybridized carbons (Fsp3) is 0.467. The molecule has 1 amide bonds. The van der Waals surface area contributed by atoms with E-state index in [4.69, 9.17) is 5.73 Å². The third kappa shape index (κ3) is 2.99. The lowest BCUT2D eigenvalue weighted by Gasteiger charge is -2.39. The molecule has 2 rings (SSSR count). The Labute approximate surface area is 118 Å². The van der Waals surface area contributed by atoms with E-state index in [-0.39, 0.29) is 18.9 Å². The minimum absolute atomic E-state index is 0.227. The van der Waals surface area contributed by atoms with Gasteiger partial charge in [0.25, 0.3) is 0 Å². The van der Waals surface area contributed by atoms with Crippen LogP contribution < -0.4 is 11.1 Å². The molecular formula is C15H20N2O3. The van der Waals surface area contributed by atoms with Crippen LogP contribution in [0.25, 0.3) is 0 Å². The van der Waals surface area contributed by atoms with Crippen LogP contribution >= 0.6 is 0 Å². The van der Waals surface area contributed by atoms with E-state index >= 15 is 0 Å². The molecule has 1 atom stereocenters. The standard InChI is InChI=1S/C15H20N2O3/c16-10-15(7-4-8-15)14(20)17-12(13(18)19)9-11-5-2-1-3-6-11/h1-3,5-6,12H,4,7-10,16H2,(H,17,20)(H,18,19). The first kappa shape index (κ1) is 14.5. The van der Waals surface area contributed by atoms with Crippen LogP contribution in [0.3, 0.4) is 0 Å². The smallest absolute Gasteiger partial charge is 0.326 e. The Bertz CT molecular complexity index is 478. The van der Waals surface area contributed by atoms with Crippen LogP contribution in [0.5, 0.6) is 0 Å². The summed E-state index contributed by atoms with van der Waals surface area (Å²) in [5, 5.41) is 11.9. The number of carboxylic acid groups (broad SMARTS) is 1. The van der Waals surface area contributed by atoms with E-state index in [1.54, 1.807) is 0 Å². The van der Waals surface area contributed by atoms with Crippen LogP contribution in [0.1, 0.15) is 24.8 Å². The summed E-state index contributed by atoms with van der Waals surface area (Å²) in [6.07, 6.45) is 2.74. The third-order valence-corrected chi connectivity index (χ3v) is 4.07. The molecule has 1 aromatic carbocycles. The maximum absolute atomic E-state index is 12.2. The van der Waals surface area contributed by atoms with Gasteiger partial charge < -0.3 is 16.2 Å². The topological polar surface area (TPSA) is 92.4 Å². The highest BCUT2D eigenvalue weighted by molar-refractivity contribution is 5.88. The summed E-state index contributed by atoms with van der Waals surface area (Å²) in [5.41, 5.74) is 6.00. The van der Waals surface area contributed by atoms with Crippen molar-refractivity contribution in [3.05, 3.63) is 35.9 Å². The third-order valence-electron chi connectivity index (χ3n) is 4.07. The van der Waals surface area contributed by atoms with E-state index < -0.39 is 17.4 Å². The van der Waals surface area contributed by atoms with Gasteiger partial charge in [0.05, 0.1) is 5.41 Å². The van der Waals surface area contributed by atoms with Gasteiger partial charge in [0.1, 0.15) is 6.04 Å². The normalized spacial score (nSPS) is 17.9. The number of carbonyl (C=O) groups excluding carboxylic acids is 1. The summed E-state index contributed by atoms with van der Waals surface area (Å²) >= 11 is 0. The zero-order valence-corrected chi connectivity index (χ0v) is 11.3. The Kier molecular flexibility index (Phi) is 4.39. The highest BCUT2D eigenvalue weighted by Crippen LogP contribution is 2.40. The second kappa shape index (κ2) is 6.05. The van der Waals surface area contributed by atoms with E-state index in [2.05, 4.69) is 5.32 Å². The van der Waals surface area contributed by atoms with E-state index in [9.17, 15) is 14.7 Å². The van der Waals surface area contributed by atoms with E-state index in [0.29, 0.717) is 0 Å². The molecule has 0 bridgehead atoms. The van der Waals surface area contributed by atoms with Crippen LogP contribution in [0.2, 0.25) is 0 Å². The monoisotopic (exact) mass is 276 g/mol. The predicted octanol–water partition coefficient (Wildman–Crippen LogP) is 0.928. The lowest BCUT2D eigenvalue weighted by Crippen LogP contribution is -2.54. The Morgan fingerprint density at radius 1 is 1.30 bits per heavy atom. The average molecular weight is 276 g/mol. The molecule has 1 saturated carbocycles. The van der Waals surface area contributed by atoms with Crippen molar-refractivity contribution >= 4 is 11.9 Å². The maximum atomic E-state index is 12.2. The summed E-state index contributed by atoms with van der Waals surface area (Å²) < 4.78 is 0. The van der Waals surface area contributed by atoms with Gasteiger partial charge in [-0.15, -0.1) is 0 Å². The molecule has 1 aliphatic rings. The number of carboxylic acids is 1. The zero-order chi connectivity index (χ0) is 14.6. The van der Waals surface area contributed by atoms with E-state index in [1.807, 2.05) is 30.3 Å². The molecule has 1 aromatic rings. The van der Waals surface area contributed by atoms with Crippen molar-refractivity contribution < 1.29 is 14.7 Å². The first-order valence-corrected chi connectivity index (χ1v) is 6.85. The predicted molar refractivity (Wildman–Crippen MR) is 75.1 cm³/mol. The summed E-state index contributed by atoms with van der Waals surface area (Å²) in [6.45, 7) is 0.274. The molecule has 5 nitrogen and oxygen atoms in total. The number of nitrogens with two attached hydrogens (primary N) is 1. The van der Waals surface area contributed by atoms with Crippen molar-refractivity contribution in [1.29, 1.82) is 0 Å². The average Bonchev–Trinajstić information content (AvgIpc) is 2.38. The molecular weight excluding hydrogens is 256 g/mol. The first-order valence-electron chi connectivity index (χ1n) is 6.85. The molecule has 1 fully saturated rings. The molecule has 1 unspecified atom stereocenters. The molecule has 0 heterocycles. The molecule has 0 spiro atoms. The molecule has 0 radical (unpaired) electrons. The molecule has 1 aliphatic carbocycles. The SMILES string of the molecule is NCC1(C(=O)NC(Cc2ccccc2)C(=O)O)CCC1. The van der Waals surface area contributed by atoms with Crippen molar-refractivity contribution in [2.24, 2.45) is 11.1 Å². The number of benzene rings is 1. The molecule has 20 heavy (non-hydrogen) atoms. The second-order valence-corrected chi connectivity index (χ2v) is 5.39. The molecule has 4 N–H and O–H groups in total. The fourth-order valence-electron chi connectivity index (χ4n) is 2.49. The van der Waals surface area contributed by atoms with Crippen LogP contribution in [0, 0.1) is 5.41 Å². The maximum Gasteiger partial charge on any atom is 0.326 e. The molecule has 0 aliphatic heterocycles. The van der Waals surface area contributed by atoms with E-state index in [0.717, 1.165) is 24.8 Å². The van der Waals surface area contributed by atoms with Gasteiger partial charge >= 0.3 is 5.97 Å². The Hall–Kier alpha value is -1.88. The fourth-order valence-corrected chi connectivity index (χ4v) is 2.49. The molecule has 0 aromatic heterocycles. The molecule has 108 valence electrons. The lowest BCUT2D eigenvalue weighted by atomic mass is 9.68. The van der Waals surface area contributed by atoms with Gasteiger partial charge in [-0.25, -0.2) is 4.79 Å². The minimum Gasteiger partial charge on any atom is -0.480 e. The summed E-state index contributed by atoms with van der Waals surface area (Å²) in [4.78, 5) is 23.5. The van der Waals surface area contributed by atoms with Crippen LogP contribution in [0.15, 0.2) is 30.3 Å². The van der Waals surface area contributed by atoms with Gasteiger partial charge in [0.15, 0.2) is 0 Å². The van der Waals surface area contributed by atoms with E-state index in [1.165, 1.54) is 0 Å². The van der Waals surface area contributed by atoms with Crippen LogP contribution in [-0.4, -0.2) is 29.6 Å². The Balaban J connectivity index is 2.03. The van der Waals surface area contributed by atoms with Gasteiger partial charge in [0.2, 0.25) is 5.91 Å². The molecule has 0 saturated heterocycles. The van der Waals surface area contributed by atoms with Crippen molar-refractivity contribution in [3.8, 4) is 0 Å². The Morgan fingerprint density at radius 2 is 1.95 bits per heavy atom. The second-order valence-electron chi connectivity index (χ2n) is 5.39. The Morgan fingerprint density at radius 3 is 2.40 bits per heavy atom. The van der Waals surface area contributed by atoms with Gasteiger partial charge in [0, 0.05) is 13.0 Å². The van der Waals surface area contributed by atoms with Gasteiger partial charge in [-0.05, 0) is 18.4 Å². The summed E-state index contributed by atoms with van der Waals surface area (Å²) in [7, 11) is 0. The summed E-state index contributed by atoms with van der Waals surface area (Å²) in [6, 6.07) is 8.37. The van der Waals surface area contributed by atoms with Gasteiger partial charge in [-0.1, -0.05) is 36.8 Å². The number of nitrogens with one attached hydrogen (secondary N) is 1. The minimum atomic E-state index is -1.02. The van der Waals surface area contributed by atoms with Crippen molar-refractivity contribution in [2.75, 3.05) is 6.54 Å². The van der Waals surface area contributed by atoms with Gasteiger partial charge in [-0.3, -0.25) is 4.79 Å². The largest absolute Gasteiger partial charge is 0.480 e. The lowest BCUT2D eigenvalue weighted by molar-refractivity contribution is -0.145. The highest BCUT2D eigenvalue weighted by Gasteiger charge is 2.43. The zero-order valence-electron chi connectivity index (χ0n) is 11.3. The summed E-state index contributed by atoms with van der Waals surface area (Å²) in [5.74, 6) is -1.25. The highest BCUT2D eigenvalue weighted by atomic mass is 16.4. The van der Waals surface area contributed by atoms with Crippen LogP contribution in [-0.2, 0) is 16.0 Å². The molecule has 5 heteroatoms. The quantitative estimate of drug-likeness (QED) is 0.720. The van der Waals surface area contributed by atoms with Crippen molar-refractivity contribution in [1.82, 2.24) is 5.32 Å². The van der Waals surface area contributed by atoms with Crippen LogP contribution in [0.4, 0.5) is 0 Å². The van der Waals surface area contributed by atoms with Gasteiger partial charge in [-0.2, -0.15) is 0 Å². The number of hydrogen-bond donors (Lipinski definition) is 3. The first-order chi connectivity index (χ1) is 9.57. The number of amides is 1. The number of carbonyl (C=O) groups is 2. The van der Waals surface area contributed by atoms with Crippen molar-refractivity contribution in [2.45, 2.75) is 31.7 Å². The van der Waals surface area contributed by atoms with Crippen molar-refractivity contribution in [3.63, 3.8) is 0 Å².